The molecule has 2 rings (SSSR count). The summed E-state index contributed by atoms with van der Waals surface area (Å²) in [5.41, 5.74) is 1.31. The molecule has 0 aliphatic heterocycles. The quantitative estimate of drug-likeness (QED) is 0.701. The van der Waals surface area contributed by atoms with Gasteiger partial charge in [0.15, 0.2) is 5.69 Å². The summed E-state index contributed by atoms with van der Waals surface area (Å²) in [5, 5.41) is 19.7. The van der Waals surface area contributed by atoms with Gasteiger partial charge in [-0.3, -0.25) is 15.1 Å². The number of aryl methyl sites for hydroxylation is 1. The third-order valence-corrected chi connectivity index (χ3v) is 2.80. The maximum atomic E-state index is 12.4. The molecule has 0 fully saturated rings. The van der Waals surface area contributed by atoms with Crippen molar-refractivity contribution in [2.75, 3.05) is 7.05 Å². The number of nitrogens with zero attached hydrogens (tertiary/aromatic N) is 3. The summed E-state index contributed by atoms with van der Waals surface area (Å²) in [6.07, 6.45) is -9.49. The number of halogens is 6. The number of hydrogen-bond donors (Lipinski definition) is 3. The van der Waals surface area contributed by atoms with Crippen LogP contribution in [0.2, 0.25) is 0 Å². The van der Waals surface area contributed by atoms with Gasteiger partial charge in [-0.05, 0) is 26.1 Å². The lowest BCUT2D eigenvalue weighted by atomic mass is 10.3. The fourth-order valence-electron chi connectivity index (χ4n) is 1.77. The Morgan fingerprint density at radius 3 is 2.08 bits per heavy atom. The lowest BCUT2D eigenvalue weighted by Gasteiger charge is -2.13. The third-order valence-electron chi connectivity index (χ3n) is 2.80. The molecule has 0 spiro atoms. The van der Waals surface area contributed by atoms with Gasteiger partial charge < -0.3 is 5.11 Å². The normalized spacial score (nSPS) is 12.0. The van der Waals surface area contributed by atoms with Gasteiger partial charge in [-0.25, -0.2) is 4.79 Å². The van der Waals surface area contributed by atoms with E-state index in [1.807, 2.05) is 17.9 Å². The molecule has 13 heteroatoms. The molecule has 3 N–H and O–H groups in total. The molecule has 2 aromatic heterocycles. The second-order valence-electron chi connectivity index (χ2n) is 5.29. The molecule has 2 aromatic rings. The van der Waals surface area contributed by atoms with Gasteiger partial charge in [0.2, 0.25) is 0 Å². The minimum Gasteiger partial charge on any atom is -0.475 e. The number of carboxylic acid groups (broad SMARTS) is 1. The highest BCUT2D eigenvalue weighted by atomic mass is 19.4. The van der Waals surface area contributed by atoms with E-state index in [0.717, 1.165) is 17.5 Å². The average molecular weight is 387 g/mol. The smallest absolute Gasteiger partial charge is 0.475 e. The fraction of sp³-hybridized carbons (Fsp3) is 0.462. The van der Waals surface area contributed by atoms with Crippen molar-refractivity contribution in [1.82, 2.24) is 25.3 Å². The first-order valence-corrected chi connectivity index (χ1v) is 6.90. The molecule has 0 saturated heterocycles. The van der Waals surface area contributed by atoms with Gasteiger partial charge in [0.05, 0.1) is 5.69 Å². The van der Waals surface area contributed by atoms with Crippen LogP contribution in [0.4, 0.5) is 26.3 Å². The Balaban J connectivity index is 0.000000412. The van der Waals surface area contributed by atoms with Crippen LogP contribution < -0.4 is 0 Å². The second-order valence-corrected chi connectivity index (χ2v) is 5.29. The van der Waals surface area contributed by atoms with Crippen LogP contribution in [0.5, 0.6) is 0 Å². The topological polar surface area (TPSA) is 97.9 Å². The van der Waals surface area contributed by atoms with E-state index in [0.29, 0.717) is 18.8 Å². The Morgan fingerprint density at radius 2 is 1.69 bits per heavy atom. The van der Waals surface area contributed by atoms with Crippen LogP contribution in [-0.4, -0.2) is 49.6 Å². The van der Waals surface area contributed by atoms with E-state index >= 15 is 0 Å². The lowest BCUT2D eigenvalue weighted by molar-refractivity contribution is -0.192. The molecular formula is C13H15F6N5O2. The van der Waals surface area contributed by atoms with Gasteiger partial charge in [-0.2, -0.15) is 36.5 Å². The first-order chi connectivity index (χ1) is 11.8. The number of aromatic amines is 2. The van der Waals surface area contributed by atoms with Crippen molar-refractivity contribution in [1.29, 1.82) is 0 Å². The number of hydrogen-bond acceptors (Lipinski definition) is 4. The van der Waals surface area contributed by atoms with E-state index < -0.39 is 24.0 Å². The van der Waals surface area contributed by atoms with Gasteiger partial charge in [0.25, 0.3) is 0 Å². The minimum atomic E-state index is -5.08. The molecule has 0 aliphatic carbocycles. The summed E-state index contributed by atoms with van der Waals surface area (Å²) < 4.78 is 68.9. The number of rotatable bonds is 4. The number of aliphatic carboxylic acids is 1. The maximum absolute atomic E-state index is 12.4. The molecule has 146 valence electrons. The van der Waals surface area contributed by atoms with E-state index in [2.05, 4.69) is 20.4 Å². The number of carboxylic acids is 1. The van der Waals surface area contributed by atoms with Gasteiger partial charge in [-0.15, -0.1) is 0 Å². The zero-order valence-electron chi connectivity index (χ0n) is 13.5. The number of alkyl halides is 6. The van der Waals surface area contributed by atoms with E-state index in [9.17, 15) is 26.3 Å². The number of H-pyrrole nitrogens is 2. The summed E-state index contributed by atoms with van der Waals surface area (Å²) in [7, 11) is 1.80. The van der Waals surface area contributed by atoms with Gasteiger partial charge in [0.1, 0.15) is 0 Å². The number of aromatic nitrogens is 4. The van der Waals surface area contributed by atoms with Crippen molar-refractivity contribution in [2.45, 2.75) is 32.4 Å². The molecule has 0 aromatic carbocycles. The highest BCUT2D eigenvalue weighted by Gasteiger charge is 2.38. The molecule has 0 bridgehead atoms. The summed E-state index contributed by atoms with van der Waals surface area (Å²) in [4.78, 5) is 10.7. The summed E-state index contributed by atoms with van der Waals surface area (Å²) in [6.45, 7) is 2.78. The molecule has 0 unspecified atom stereocenters. The van der Waals surface area contributed by atoms with Crippen LogP contribution in [0, 0.1) is 6.92 Å². The van der Waals surface area contributed by atoms with Gasteiger partial charge in [0, 0.05) is 24.5 Å². The predicted molar refractivity (Wildman–Crippen MR) is 75.8 cm³/mol. The van der Waals surface area contributed by atoms with Crippen LogP contribution in [0.15, 0.2) is 12.1 Å². The Kier molecular flexibility index (Phi) is 6.78. The predicted octanol–water partition coefficient (Wildman–Crippen LogP) is 2.73. The Bertz CT molecular complexity index is 721. The summed E-state index contributed by atoms with van der Waals surface area (Å²) in [6, 6.07) is 2.91. The fourth-order valence-corrected chi connectivity index (χ4v) is 1.77. The second kappa shape index (κ2) is 8.21. The minimum absolute atomic E-state index is 0.342. The molecule has 0 radical (unpaired) electrons. The van der Waals surface area contributed by atoms with Crippen molar-refractivity contribution >= 4 is 5.97 Å². The number of carbonyl (C=O) groups is 1. The Labute approximate surface area is 143 Å². The zero-order chi connectivity index (χ0) is 20.1. The molecular weight excluding hydrogens is 372 g/mol. The average Bonchev–Trinajstić information content (AvgIpc) is 3.07. The molecule has 26 heavy (non-hydrogen) atoms. The van der Waals surface area contributed by atoms with E-state index in [1.54, 1.807) is 7.05 Å². The van der Waals surface area contributed by atoms with Crippen LogP contribution in [-0.2, 0) is 24.1 Å². The Morgan fingerprint density at radius 1 is 1.12 bits per heavy atom. The van der Waals surface area contributed by atoms with Crippen LogP contribution in [0.3, 0.4) is 0 Å². The highest BCUT2D eigenvalue weighted by molar-refractivity contribution is 5.73. The monoisotopic (exact) mass is 387 g/mol. The van der Waals surface area contributed by atoms with Crippen molar-refractivity contribution in [2.24, 2.45) is 0 Å². The third kappa shape index (κ3) is 7.13. The van der Waals surface area contributed by atoms with Gasteiger partial charge >= 0.3 is 18.3 Å². The highest BCUT2D eigenvalue weighted by Crippen LogP contribution is 2.27. The van der Waals surface area contributed by atoms with Crippen LogP contribution in [0.1, 0.15) is 22.8 Å². The first kappa shape index (κ1) is 21.5. The molecule has 0 saturated carbocycles. The van der Waals surface area contributed by atoms with Crippen LogP contribution >= 0.6 is 0 Å². The SMILES string of the molecule is Cc1cc(CN(C)Cc2cc(C(F)(F)F)n[nH]2)n[nH]1.O=C(O)C(F)(F)F. The van der Waals surface area contributed by atoms with Crippen molar-refractivity contribution in [3.63, 3.8) is 0 Å². The van der Waals surface area contributed by atoms with E-state index in [1.165, 1.54) is 0 Å². The Hall–Kier alpha value is -2.57. The van der Waals surface area contributed by atoms with Crippen LogP contribution in [0.25, 0.3) is 0 Å². The van der Waals surface area contributed by atoms with Gasteiger partial charge in [-0.1, -0.05) is 0 Å². The largest absolute Gasteiger partial charge is 0.490 e. The maximum Gasteiger partial charge on any atom is 0.490 e. The number of nitrogens with one attached hydrogen (secondary N) is 2. The summed E-state index contributed by atoms with van der Waals surface area (Å²) >= 11 is 0. The zero-order valence-corrected chi connectivity index (χ0v) is 13.5. The first-order valence-electron chi connectivity index (χ1n) is 6.90. The standard InChI is InChI=1S/C11H14F3N5.C2HF3O2/c1-7-3-8(16-15-7)5-19(2)6-9-4-10(18-17-9)11(12,13)14;3-2(4,5)1(6)7/h3-4H,5-6H2,1-2H3,(H,15,16)(H,17,18);(H,6,7). The summed E-state index contributed by atoms with van der Waals surface area (Å²) in [5.74, 6) is -2.76. The molecule has 0 amide bonds. The van der Waals surface area contributed by atoms with Crippen molar-refractivity contribution < 1.29 is 36.2 Å². The molecule has 0 aliphatic rings. The van der Waals surface area contributed by atoms with E-state index in [4.69, 9.17) is 9.90 Å². The van der Waals surface area contributed by atoms with Crippen molar-refractivity contribution in [3.8, 4) is 0 Å². The van der Waals surface area contributed by atoms with Crippen molar-refractivity contribution in [3.05, 3.63) is 34.9 Å². The lowest BCUT2D eigenvalue weighted by Crippen LogP contribution is -2.21. The molecule has 0 atom stereocenters. The van der Waals surface area contributed by atoms with E-state index in [-0.39, 0.29) is 0 Å². The molecule has 7 nitrogen and oxygen atoms in total. The molecule has 2 heterocycles.